The Kier molecular flexibility index (Phi) is 5.13. The summed E-state index contributed by atoms with van der Waals surface area (Å²) in [5.41, 5.74) is 4.76. The number of aryl methyl sites for hydroxylation is 1. The Bertz CT molecular complexity index is 1370. The average Bonchev–Trinajstić information content (AvgIpc) is 3.25. The molecule has 0 radical (unpaired) electrons. The van der Waals surface area contributed by atoms with Crippen molar-refractivity contribution in [2.75, 3.05) is 19.5 Å². The van der Waals surface area contributed by atoms with Gasteiger partial charge in [-0.1, -0.05) is 42.5 Å². The molecule has 1 aliphatic heterocycles. The number of H-pyrrole nitrogens is 1. The minimum atomic E-state index is -0.603. The van der Waals surface area contributed by atoms with Gasteiger partial charge in [0.2, 0.25) is 5.91 Å². The lowest BCUT2D eigenvalue weighted by molar-refractivity contribution is -0.119. The Hall–Kier alpha value is -4.06. The number of likely N-dealkylation sites (N-methyl/N-ethyl adjacent to an activating group) is 1. The lowest BCUT2D eigenvalue weighted by Gasteiger charge is -2.39. The van der Waals surface area contributed by atoms with E-state index in [1.165, 1.54) is 0 Å². The number of hydrogen-bond acceptors (Lipinski definition) is 3. The number of nitrogens with one attached hydrogen (secondary N) is 2. The predicted octanol–water partition coefficient (Wildman–Crippen LogP) is 5.03. The molecule has 6 heteroatoms. The largest absolute Gasteiger partial charge is 0.495 e. The van der Waals surface area contributed by atoms with Crippen LogP contribution in [0.25, 0.3) is 10.9 Å². The van der Waals surface area contributed by atoms with Crippen LogP contribution in [-0.2, 0) is 4.79 Å². The van der Waals surface area contributed by atoms with Gasteiger partial charge >= 0.3 is 0 Å². The first-order chi connectivity index (χ1) is 16.0. The van der Waals surface area contributed by atoms with Gasteiger partial charge in [0.25, 0.3) is 5.91 Å². The van der Waals surface area contributed by atoms with Crippen molar-refractivity contribution in [2.24, 2.45) is 0 Å². The Morgan fingerprint density at radius 3 is 2.61 bits per heavy atom. The summed E-state index contributed by atoms with van der Waals surface area (Å²) in [4.78, 5) is 32.1. The SMILES string of the molecule is COc1ccc(C)cc1NC(=O)[C@@H]1c2ccccc2C(=O)N(C)[C@H]1c1c[nH]c2ccccc12. The number of benzene rings is 3. The van der Waals surface area contributed by atoms with E-state index in [0.29, 0.717) is 17.0 Å². The van der Waals surface area contributed by atoms with Gasteiger partial charge in [0.05, 0.1) is 24.8 Å². The molecular weight excluding hydrogens is 414 g/mol. The third kappa shape index (κ3) is 3.44. The molecule has 33 heavy (non-hydrogen) atoms. The third-order valence-corrected chi connectivity index (χ3v) is 6.41. The molecule has 6 nitrogen and oxygen atoms in total. The van der Waals surface area contributed by atoms with Gasteiger partial charge in [0, 0.05) is 35.3 Å². The molecule has 2 atom stereocenters. The molecule has 2 amide bonds. The Labute approximate surface area is 192 Å². The highest BCUT2D eigenvalue weighted by molar-refractivity contribution is 6.05. The molecule has 4 aromatic rings. The van der Waals surface area contributed by atoms with Gasteiger partial charge in [-0.25, -0.2) is 0 Å². The summed E-state index contributed by atoms with van der Waals surface area (Å²) in [6.07, 6.45) is 1.90. The normalized spacial score (nSPS) is 17.7. The number of aromatic amines is 1. The van der Waals surface area contributed by atoms with Crippen LogP contribution in [0.4, 0.5) is 5.69 Å². The fourth-order valence-corrected chi connectivity index (χ4v) is 4.81. The Morgan fingerprint density at radius 1 is 1.03 bits per heavy atom. The second kappa shape index (κ2) is 8.13. The molecular formula is C27H25N3O3. The van der Waals surface area contributed by atoms with Crippen molar-refractivity contribution in [3.8, 4) is 5.75 Å². The van der Waals surface area contributed by atoms with E-state index in [1.54, 1.807) is 25.1 Å². The first-order valence-corrected chi connectivity index (χ1v) is 10.9. The van der Waals surface area contributed by atoms with Crippen LogP contribution in [-0.4, -0.2) is 35.9 Å². The van der Waals surface area contributed by atoms with Crippen molar-refractivity contribution in [3.63, 3.8) is 0 Å². The maximum absolute atomic E-state index is 13.9. The lowest BCUT2D eigenvalue weighted by atomic mass is 9.79. The maximum atomic E-state index is 13.9. The molecule has 1 aliphatic rings. The molecule has 0 bridgehead atoms. The van der Waals surface area contributed by atoms with E-state index in [4.69, 9.17) is 4.74 Å². The number of ether oxygens (including phenoxy) is 1. The molecule has 0 saturated heterocycles. The number of methoxy groups -OCH3 is 1. The van der Waals surface area contributed by atoms with Gasteiger partial charge in [0.15, 0.2) is 0 Å². The van der Waals surface area contributed by atoms with Crippen molar-refractivity contribution in [2.45, 2.75) is 18.9 Å². The standard InChI is InChI=1S/C27H25N3O3/c1-16-12-13-23(33-3)22(14-16)29-26(31)24-18-9-4-5-10-19(18)27(32)30(2)25(24)20-15-28-21-11-7-6-8-17(20)21/h4-15,24-25,28H,1-3H3,(H,29,31)/t24-,25+/m1/s1. The van der Waals surface area contributed by atoms with Gasteiger partial charge < -0.3 is 19.9 Å². The number of rotatable bonds is 4. The molecule has 0 aliphatic carbocycles. The number of carbonyl (C=O) groups is 2. The number of fused-ring (bicyclic) bond motifs is 2. The van der Waals surface area contributed by atoms with Gasteiger partial charge in [-0.3, -0.25) is 9.59 Å². The minimum Gasteiger partial charge on any atom is -0.495 e. The molecule has 0 fully saturated rings. The van der Waals surface area contributed by atoms with E-state index in [9.17, 15) is 9.59 Å². The van der Waals surface area contributed by atoms with E-state index in [-0.39, 0.29) is 11.8 Å². The summed E-state index contributed by atoms with van der Waals surface area (Å²) in [6, 6.07) is 20.5. The fourth-order valence-electron chi connectivity index (χ4n) is 4.81. The minimum absolute atomic E-state index is 0.0990. The summed E-state index contributed by atoms with van der Waals surface area (Å²) in [7, 11) is 3.34. The molecule has 1 aromatic heterocycles. The number of nitrogens with zero attached hydrogens (tertiary/aromatic N) is 1. The van der Waals surface area contributed by atoms with Gasteiger partial charge in [-0.15, -0.1) is 0 Å². The number of para-hydroxylation sites is 1. The zero-order chi connectivity index (χ0) is 23.1. The first-order valence-electron chi connectivity index (χ1n) is 10.9. The summed E-state index contributed by atoms with van der Waals surface area (Å²) in [5.74, 6) is -0.307. The number of hydrogen-bond donors (Lipinski definition) is 2. The second-order valence-corrected chi connectivity index (χ2v) is 8.41. The van der Waals surface area contributed by atoms with Crippen LogP contribution in [0.2, 0.25) is 0 Å². The molecule has 2 heterocycles. The second-order valence-electron chi connectivity index (χ2n) is 8.41. The monoisotopic (exact) mass is 439 g/mol. The number of carbonyl (C=O) groups excluding carboxylic acids is 2. The molecule has 2 N–H and O–H groups in total. The summed E-state index contributed by atoms with van der Waals surface area (Å²) >= 11 is 0. The summed E-state index contributed by atoms with van der Waals surface area (Å²) in [6.45, 7) is 1.96. The number of amides is 2. The van der Waals surface area contributed by atoms with Crippen LogP contribution in [0.3, 0.4) is 0 Å². The Balaban J connectivity index is 1.66. The lowest BCUT2D eigenvalue weighted by Crippen LogP contribution is -2.44. The van der Waals surface area contributed by atoms with Crippen molar-refractivity contribution >= 4 is 28.4 Å². The van der Waals surface area contributed by atoms with Gasteiger partial charge in [0.1, 0.15) is 5.75 Å². The zero-order valence-corrected chi connectivity index (χ0v) is 18.8. The van der Waals surface area contributed by atoms with Crippen LogP contribution in [0, 0.1) is 6.92 Å². The summed E-state index contributed by atoms with van der Waals surface area (Å²) in [5, 5.41) is 4.07. The van der Waals surface area contributed by atoms with E-state index >= 15 is 0 Å². The van der Waals surface area contributed by atoms with Crippen molar-refractivity contribution in [1.29, 1.82) is 0 Å². The molecule has 0 saturated carbocycles. The highest BCUT2D eigenvalue weighted by Crippen LogP contribution is 2.44. The van der Waals surface area contributed by atoms with Crippen LogP contribution < -0.4 is 10.1 Å². The topological polar surface area (TPSA) is 74.4 Å². The van der Waals surface area contributed by atoms with Crippen LogP contribution >= 0.6 is 0 Å². The molecule has 5 rings (SSSR count). The van der Waals surface area contributed by atoms with Gasteiger partial charge in [-0.2, -0.15) is 0 Å². The molecule has 166 valence electrons. The van der Waals surface area contributed by atoms with Gasteiger partial charge in [-0.05, 0) is 42.3 Å². The van der Waals surface area contributed by atoms with Crippen LogP contribution in [0.15, 0.2) is 72.9 Å². The van der Waals surface area contributed by atoms with Crippen LogP contribution in [0.5, 0.6) is 5.75 Å². The van der Waals surface area contributed by atoms with E-state index < -0.39 is 12.0 Å². The first kappa shape index (κ1) is 20.8. The van der Waals surface area contributed by atoms with Crippen molar-refractivity contribution < 1.29 is 14.3 Å². The maximum Gasteiger partial charge on any atom is 0.254 e. The smallest absolute Gasteiger partial charge is 0.254 e. The molecule has 3 aromatic carbocycles. The molecule has 0 spiro atoms. The van der Waals surface area contributed by atoms with E-state index in [2.05, 4.69) is 10.3 Å². The van der Waals surface area contributed by atoms with E-state index in [0.717, 1.165) is 27.6 Å². The number of aromatic nitrogens is 1. The summed E-state index contributed by atoms with van der Waals surface area (Å²) < 4.78 is 5.47. The molecule has 0 unspecified atom stereocenters. The van der Waals surface area contributed by atoms with Crippen molar-refractivity contribution in [1.82, 2.24) is 9.88 Å². The quantitative estimate of drug-likeness (QED) is 0.468. The average molecular weight is 440 g/mol. The third-order valence-electron chi connectivity index (χ3n) is 6.41. The highest BCUT2D eigenvalue weighted by Gasteiger charge is 2.43. The highest BCUT2D eigenvalue weighted by atomic mass is 16.5. The van der Waals surface area contributed by atoms with E-state index in [1.807, 2.05) is 73.8 Å². The zero-order valence-electron chi connectivity index (χ0n) is 18.8. The Morgan fingerprint density at radius 2 is 1.79 bits per heavy atom. The van der Waals surface area contributed by atoms with Crippen molar-refractivity contribution in [3.05, 3.63) is 95.2 Å². The predicted molar refractivity (Wildman–Crippen MR) is 129 cm³/mol. The van der Waals surface area contributed by atoms with Crippen LogP contribution in [0.1, 0.15) is 39.0 Å². The fraction of sp³-hybridized carbons (Fsp3) is 0.185. The number of anilines is 1.